The number of amides is 2. The average molecular weight is 582 g/mol. The first-order valence-electron chi connectivity index (χ1n) is 16.1. The molecule has 7 atom stereocenters. The monoisotopic (exact) mass is 581 g/mol. The average Bonchev–Trinajstić information content (AvgIpc) is 2.93. The van der Waals surface area contributed by atoms with Crippen LogP contribution in [0.25, 0.3) is 4.85 Å². The van der Waals surface area contributed by atoms with Crippen molar-refractivity contribution >= 4 is 23.3 Å². The van der Waals surface area contributed by atoms with E-state index in [-0.39, 0.29) is 57.3 Å². The number of hydrogen-bond donors (Lipinski definition) is 2. The van der Waals surface area contributed by atoms with Gasteiger partial charge in [-0.1, -0.05) is 78.3 Å². The van der Waals surface area contributed by atoms with Gasteiger partial charge in [-0.15, -0.1) is 0 Å². The summed E-state index contributed by atoms with van der Waals surface area (Å²) in [4.78, 5) is 45.1. The maximum Gasteiger partial charge on any atom is 0.319 e. The number of allylic oxidation sites excluding steroid dienone is 4. The van der Waals surface area contributed by atoms with Gasteiger partial charge in [0.1, 0.15) is 0 Å². The molecule has 0 radical (unpaired) electrons. The molecule has 228 valence electrons. The van der Waals surface area contributed by atoms with Gasteiger partial charge >= 0.3 is 6.03 Å². The second-order valence-electron chi connectivity index (χ2n) is 16.3. The Labute approximate surface area is 257 Å². The number of nitrogens with one attached hydrogen (secondary N) is 2. The van der Waals surface area contributed by atoms with Crippen LogP contribution >= 0.6 is 0 Å². The first-order chi connectivity index (χ1) is 20.0. The normalized spacial score (nSPS) is 40.7. The Hall–Kier alpha value is -3.20. The molecule has 0 bridgehead atoms. The van der Waals surface area contributed by atoms with Crippen LogP contribution in [-0.4, -0.2) is 23.1 Å². The van der Waals surface area contributed by atoms with E-state index in [0.29, 0.717) is 0 Å². The molecule has 2 amide bonds. The Bertz CT molecular complexity index is 1500. The number of ketones is 2. The molecular weight excluding hydrogens is 534 g/mol. The van der Waals surface area contributed by atoms with E-state index in [4.69, 9.17) is 6.57 Å². The van der Waals surface area contributed by atoms with Gasteiger partial charge in [0.05, 0.1) is 6.57 Å². The Balaban J connectivity index is 1.43. The van der Waals surface area contributed by atoms with Crippen LogP contribution in [0.1, 0.15) is 93.4 Å². The molecule has 6 heteroatoms. The topological polar surface area (TPSA) is 79.6 Å². The zero-order chi connectivity index (χ0) is 31.2. The van der Waals surface area contributed by atoms with E-state index < -0.39 is 16.4 Å². The van der Waals surface area contributed by atoms with Crippen LogP contribution in [0.3, 0.4) is 0 Å². The van der Waals surface area contributed by atoms with Crippen molar-refractivity contribution in [3.63, 3.8) is 0 Å². The van der Waals surface area contributed by atoms with Gasteiger partial charge in [0.2, 0.25) is 5.70 Å². The summed E-state index contributed by atoms with van der Waals surface area (Å²) in [6, 6.07) is 9.32. The first kappa shape index (κ1) is 29.9. The highest BCUT2D eigenvalue weighted by molar-refractivity contribution is 6.03. The summed E-state index contributed by atoms with van der Waals surface area (Å²) in [5, 5.41) is 6.49. The maximum atomic E-state index is 14.7. The minimum absolute atomic E-state index is 0.0166. The number of nitrogens with zero attached hydrogens (tertiary/aromatic N) is 1. The molecule has 6 rings (SSSR count). The number of urea groups is 1. The molecule has 5 aliphatic rings. The summed E-state index contributed by atoms with van der Waals surface area (Å²) in [5.41, 5.74) is -0.0922. The van der Waals surface area contributed by atoms with Crippen LogP contribution in [0.4, 0.5) is 10.5 Å². The van der Waals surface area contributed by atoms with E-state index >= 15 is 0 Å². The first-order valence-corrected chi connectivity index (χ1v) is 16.1. The molecule has 0 aliphatic heterocycles. The van der Waals surface area contributed by atoms with Gasteiger partial charge in [-0.25, -0.2) is 9.64 Å². The fourth-order valence-electron chi connectivity index (χ4n) is 10.7. The predicted molar refractivity (Wildman–Crippen MR) is 169 cm³/mol. The summed E-state index contributed by atoms with van der Waals surface area (Å²) < 4.78 is 0. The fourth-order valence-corrected chi connectivity index (χ4v) is 10.7. The lowest BCUT2D eigenvalue weighted by Crippen LogP contribution is -2.70. The van der Waals surface area contributed by atoms with Gasteiger partial charge < -0.3 is 15.4 Å². The van der Waals surface area contributed by atoms with E-state index in [1.165, 1.54) is 0 Å². The number of rotatable bonds is 2. The van der Waals surface area contributed by atoms with E-state index in [2.05, 4.69) is 50.1 Å². The SMILES string of the molecule is [C-]#[N+]C1=C[C@]2(C)C3=CC(=O)C4C5CC(C)(C)CC[C@]5(NC(=O)Nc5ccccc5)CC[C@@]4(C)[C@]3(C)CC[C@H]2C(C)(C)C1=O. The Morgan fingerprint density at radius 2 is 1.60 bits per heavy atom. The Morgan fingerprint density at radius 3 is 2.28 bits per heavy atom. The second kappa shape index (κ2) is 9.40. The summed E-state index contributed by atoms with van der Waals surface area (Å²) in [5.74, 6) is -0.0874. The Morgan fingerprint density at radius 1 is 0.930 bits per heavy atom. The summed E-state index contributed by atoms with van der Waals surface area (Å²) in [7, 11) is 0. The van der Waals surface area contributed by atoms with Crippen molar-refractivity contribution in [3.05, 3.63) is 65.2 Å². The van der Waals surface area contributed by atoms with E-state index in [0.717, 1.165) is 56.2 Å². The van der Waals surface area contributed by atoms with Crippen molar-refractivity contribution in [1.29, 1.82) is 0 Å². The van der Waals surface area contributed by atoms with Gasteiger partial charge in [-0.3, -0.25) is 4.79 Å². The highest BCUT2D eigenvalue weighted by Gasteiger charge is 2.70. The van der Waals surface area contributed by atoms with E-state index in [1.54, 1.807) is 0 Å². The van der Waals surface area contributed by atoms with Crippen LogP contribution in [0.15, 0.2) is 53.8 Å². The van der Waals surface area contributed by atoms with Crippen LogP contribution in [0.5, 0.6) is 0 Å². The molecular formula is C37H47N3O3. The number of para-hydroxylation sites is 1. The van der Waals surface area contributed by atoms with Crippen molar-refractivity contribution in [2.45, 2.75) is 99.0 Å². The summed E-state index contributed by atoms with van der Waals surface area (Å²) in [6.45, 7) is 23.2. The smallest absolute Gasteiger partial charge is 0.319 e. The quantitative estimate of drug-likeness (QED) is 0.346. The molecule has 3 saturated carbocycles. The van der Waals surface area contributed by atoms with Gasteiger partial charge in [-0.2, -0.15) is 0 Å². The third kappa shape index (κ3) is 4.13. The van der Waals surface area contributed by atoms with Crippen molar-refractivity contribution in [3.8, 4) is 0 Å². The lowest BCUT2D eigenvalue weighted by atomic mass is 9.35. The number of benzene rings is 1. The van der Waals surface area contributed by atoms with Gasteiger partial charge in [0.25, 0.3) is 0 Å². The van der Waals surface area contributed by atoms with Gasteiger partial charge in [0.15, 0.2) is 11.6 Å². The highest BCUT2D eigenvalue weighted by atomic mass is 16.2. The molecule has 0 heterocycles. The summed E-state index contributed by atoms with van der Waals surface area (Å²) in [6.07, 6.45) is 10.0. The minimum atomic E-state index is -0.669. The number of carbonyl (C=O) groups excluding carboxylic acids is 3. The van der Waals surface area contributed by atoms with Crippen LogP contribution in [-0.2, 0) is 9.59 Å². The lowest BCUT2D eigenvalue weighted by molar-refractivity contribution is -0.160. The number of carbonyl (C=O) groups is 3. The lowest BCUT2D eigenvalue weighted by Gasteiger charge is -2.69. The summed E-state index contributed by atoms with van der Waals surface area (Å²) >= 11 is 0. The van der Waals surface area contributed by atoms with E-state index in [9.17, 15) is 14.4 Å². The Kier molecular flexibility index (Phi) is 6.53. The zero-order valence-electron chi connectivity index (χ0n) is 26.9. The molecule has 0 saturated heterocycles. The highest BCUT2D eigenvalue weighted by Crippen LogP contribution is 2.73. The minimum Gasteiger partial charge on any atom is -0.332 e. The van der Waals surface area contributed by atoms with E-state index in [1.807, 2.05) is 56.3 Å². The van der Waals surface area contributed by atoms with Crippen molar-refractivity contribution in [2.24, 2.45) is 44.8 Å². The van der Waals surface area contributed by atoms with Crippen LogP contribution < -0.4 is 10.6 Å². The second-order valence-corrected chi connectivity index (χ2v) is 16.3. The number of anilines is 1. The molecule has 5 aliphatic carbocycles. The number of fused-ring (bicyclic) bond motifs is 7. The molecule has 1 aromatic carbocycles. The maximum absolute atomic E-state index is 14.7. The van der Waals surface area contributed by atoms with Gasteiger partial charge in [-0.05, 0) is 91.2 Å². The molecule has 1 aromatic rings. The molecule has 2 unspecified atom stereocenters. The van der Waals surface area contributed by atoms with Crippen molar-refractivity contribution in [2.75, 3.05) is 5.32 Å². The number of Topliss-reactive ketones (excluding diaryl/α,β-unsaturated/α-hetero) is 1. The third-order valence-corrected chi connectivity index (χ3v) is 13.2. The van der Waals surface area contributed by atoms with Crippen LogP contribution in [0.2, 0.25) is 0 Å². The number of hydrogen-bond acceptors (Lipinski definition) is 3. The molecule has 43 heavy (non-hydrogen) atoms. The van der Waals surface area contributed by atoms with Crippen molar-refractivity contribution in [1.82, 2.24) is 5.32 Å². The molecule has 0 spiro atoms. The predicted octanol–water partition coefficient (Wildman–Crippen LogP) is 8.13. The van der Waals surface area contributed by atoms with Crippen LogP contribution in [0, 0.1) is 51.4 Å². The largest absolute Gasteiger partial charge is 0.332 e. The fraction of sp³-hybridized carbons (Fsp3) is 0.622. The molecule has 6 nitrogen and oxygen atoms in total. The molecule has 2 N–H and O–H groups in total. The zero-order valence-corrected chi connectivity index (χ0v) is 26.9. The standard InChI is InChI=1S/C37H47N3O3/c1-32(2)16-18-37(40-31(43)39-23-12-10-9-11-13-23)19-17-36(7)29(24(37)21-32)26(41)20-28-34(5)22-25(38-8)30(42)33(3,4)27(34)14-15-35(28,36)6/h9-13,20,22,24,27,29H,14-19,21H2,1-7H3,(H2,39,40,43)/t24?,27-,29?,34-,35+,36+,37-/m0/s1. The van der Waals surface area contributed by atoms with Crippen molar-refractivity contribution < 1.29 is 14.4 Å². The van der Waals surface area contributed by atoms with Gasteiger partial charge in [0, 0.05) is 28.0 Å². The molecule has 0 aromatic heterocycles. The molecule has 3 fully saturated rings. The third-order valence-electron chi connectivity index (χ3n) is 13.2.